The van der Waals surface area contributed by atoms with Crippen LogP contribution in [0.4, 0.5) is 5.69 Å². The van der Waals surface area contributed by atoms with Crippen molar-refractivity contribution in [2.75, 3.05) is 24.5 Å². The molecule has 0 spiro atoms. The molecule has 1 atom stereocenters. The number of rotatable bonds is 4. The van der Waals surface area contributed by atoms with E-state index in [1.54, 1.807) is 9.58 Å². The number of benzene rings is 2. The quantitative estimate of drug-likeness (QED) is 0.591. The smallest absolute Gasteiger partial charge is 0.277 e. The molecule has 1 aliphatic carbocycles. The van der Waals surface area contributed by atoms with Gasteiger partial charge >= 0.3 is 0 Å². The van der Waals surface area contributed by atoms with Crippen molar-refractivity contribution < 1.29 is 14.3 Å². The molecule has 7 nitrogen and oxygen atoms in total. The van der Waals surface area contributed by atoms with Crippen LogP contribution in [0.15, 0.2) is 60.7 Å². The largest absolute Gasteiger partial charge is 0.476 e. The van der Waals surface area contributed by atoms with Crippen LogP contribution in [0.25, 0.3) is 5.69 Å². The van der Waals surface area contributed by atoms with Crippen LogP contribution in [-0.2, 0) is 4.79 Å². The number of anilines is 1. The van der Waals surface area contributed by atoms with Crippen LogP contribution >= 0.6 is 0 Å². The van der Waals surface area contributed by atoms with E-state index in [2.05, 4.69) is 0 Å². The molecule has 1 saturated heterocycles. The van der Waals surface area contributed by atoms with Crippen molar-refractivity contribution in [2.45, 2.75) is 44.1 Å². The number of hydrogen-bond acceptors (Lipinski definition) is 4. The summed E-state index contributed by atoms with van der Waals surface area (Å²) < 4.78 is 7.87. The molecule has 0 unspecified atom stereocenters. The molecule has 2 fully saturated rings. The van der Waals surface area contributed by atoms with Gasteiger partial charge in [-0.25, -0.2) is 4.68 Å². The van der Waals surface area contributed by atoms with E-state index in [9.17, 15) is 9.59 Å². The van der Waals surface area contributed by atoms with Crippen LogP contribution in [0.2, 0.25) is 0 Å². The number of aromatic nitrogens is 2. The minimum Gasteiger partial charge on any atom is -0.476 e. The second-order valence-electron chi connectivity index (χ2n) is 9.35. The lowest BCUT2D eigenvalue weighted by Gasteiger charge is -2.37. The summed E-state index contributed by atoms with van der Waals surface area (Å²) in [7, 11) is 0. The highest BCUT2D eigenvalue weighted by Crippen LogP contribution is 2.40. The Morgan fingerprint density at radius 1 is 0.912 bits per heavy atom. The van der Waals surface area contributed by atoms with E-state index in [1.165, 1.54) is 0 Å². The molecule has 3 aromatic rings. The van der Waals surface area contributed by atoms with Gasteiger partial charge in [0.15, 0.2) is 6.10 Å². The number of nitrogens with zero attached hydrogens (tertiary/aromatic N) is 4. The molecule has 0 N–H and O–H groups in total. The van der Waals surface area contributed by atoms with Crippen molar-refractivity contribution in [1.82, 2.24) is 14.7 Å². The Morgan fingerprint density at radius 2 is 1.65 bits per heavy atom. The molecule has 1 aromatic heterocycles. The third-order valence-corrected chi connectivity index (χ3v) is 6.91. The number of piperidine rings is 1. The highest BCUT2D eigenvalue weighted by molar-refractivity contribution is 6.07. The van der Waals surface area contributed by atoms with Crippen molar-refractivity contribution in [2.24, 2.45) is 0 Å². The summed E-state index contributed by atoms with van der Waals surface area (Å²) in [5.74, 6) is 0.769. The van der Waals surface area contributed by atoms with Gasteiger partial charge in [0, 0.05) is 19.0 Å². The molecule has 0 bridgehead atoms. The van der Waals surface area contributed by atoms with Crippen LogP contribution in [0.1, 0.15) is 54.2 Å². The van der Waals surface area contributed by atoms with Crippen LogP contribution in [0.5, 0.6) is 5.75 Å². The number of carbonyl (C=O) groups excluding carboxylic acids is 2. The summed E-state index contributed by atoms with van der Waals surface area (Å²) in [6.45, 7) is 1.68. The molecule has 0 radical (unpaired) electrons. The number of fused-ring (bicyclic) bond motifs is 1. The van der Waals surface area contributed by atoms with Gasteiger partial charge in [-0.2, -0.15) is 5.10 Å². The second-order valence-corrected chi connectivity index (χ2v) is 9.35. The highest BCUT2D eigenvalue weighted by atomic mass is 16.5. The average molecular weight is 457 g/mol. The number of para-hydroxylation sites is 3. The second kappa shape index (κ2) is 8.63. The molecule has 6 rings (SSSR count). The fourth-order valence-electron chi connectivity index (χ4n) is 4.91. The van der Waals surface area contributed by atoms with Crippen LogP contribution in [-0.4, -0.2) is 52.2 Å². The monoisotopic (exact) mass is 456 g/mol. The Balaban J connectivity index is 1.36. The normalized spacial score (nSPS) is 19.9. The molecule has 7 heteroatoms. The van der Waals surface area contributed by atoms with Gasteiger partial charge in [0.25, 0.3) is 11.8 Å². The first-order valence-electron chi connectivity index (χ1n) is 12.2. The fraction of sp³-hybridized carbons (Fsp3) is 0.370. The zero-order valence-corrected chi connectivity index (χ0v) is 19.1. The van der Waals surface area contributed by atoms with Gasteiger partial charge in [-0.3, -0.25) is 14.5 Å². The Bertz CT molecular complexity index is 1210. The first kappa shape index (κ1) is 21.0. The molecular weight excluding hydrogens is 428 g/mol. The molecular formula is C27H28N4O3. The van der Waals surface area contributed by atoms with E-state index in [1.807, 2.05) is 65.6 Å². The number of carbonyl (C=O) groups is 2. The molecule has 2 aliphatic heterocycles. The predicted octanol–water partition coefficient (Wildman–Crippen LogP) is 4.17. The molecule has 174 valence electrons. The SMILES string of the molecule is O=C([C@H]1CN(C(=O)c2cc(C3CC3)nn2-c2ccccc2)c2ccccc2O1)N1CCCCC1. The topological polar surface area (TPSA) is 67.7 Å². The van der Waals surface area contributed by atoms with Gasteiger partial charge in [0.1, 0.15) is 11.4 Å². The maximum atomic E-state index is 14.0. The first-order chi connectivity index (χ1) is 16.7. The summed E-state index contributed by atoms with van der Waals surface area (Å²) in [4.78, 5) is 30.9. The molecule has 2 amide bonds. The summed E-state index contributed by atoms with van der Waals surface area (Å²) >= 11 is 0. The van der Waals surface area contributed by atoms with Crippen LogP contribution in [0, 0.1) is 0 Å². The first-order valence-corrected chi connectivity index (χ1v) is 12.2. The van der Waals surface area contributed by atoms with Gasteiger partial charge in [-0.05, 0) is 62.4 Å². The Labute approximate surface area is 198 Å². The summed E-state index contributed by atoms with van der Waals surface area (Å²) in [6.07, 6.45) is 4.66. The Kier molecular flexibility index (Phi) is 5.32. The lowest BCUT2D eigenvalue weighted by Crippen LogP contribution is -2.53. The predicted molar refractivity (Wildman–Crippen MR) is 129 cm³/mol. The maximum absolute atomic E-state index is 14.0. The highest BCUT2D eigenvalue weighted by Gasteiger charge is 2.38. The van der Waals surface area contributed by atoms with E-state index >= 15 is 0 Å². The van der Waals surface area contributed by atoms with Crippen LogP contribution in [0.3, 0.4) is 0 Å². The minimum atomic E-state index is -0.715. The Hall–Kier alpha value is -3.61. The van der Waals surface area contributed by atoms with E-state index in [4.69, 9.17) is 9.84 Å². The zero-order chi connectivity index (χ0) is 23.1. The zero-order valence-electron chi connectivity index (χ0n) is 19.1. The molecule has 2 aromatic carbocycles. The maximum Gasteiger partial charge on any atom is 0.277 e. The Morgan fingerprint density at radius 3 is 2.41 bits per heavy atom. The lowest BCUT2D eigenvalue weighted by atomic mass is 10.1. The average Bonchev–Trinajstić information content (AvgIpc) is 3.66. The summed E-state index contributed by atoms with van der Waals surface area (Å²) in [5.41, 5.74) is 2.99. The lowest BCUT2D eigenvalue weighted by molar-refractivity contribution is -0.139. The van der Waals surface area contributed by atoms with Gasteiger partial charge in [0.05, 0.1) is 23.6 Å². The fourth-order valence-corrected chi connectivity index (χ4v) is 4.91. The molecule has 1 saturated carbocycles. The van der Waals surface area contributed by atoms with Crippen molar-refractivity contribution in [1.29, 1.82) is 0 Å². The molecule has 3 heterocycles. The molecule has 34 heavy (non-hydrogen) atoms. The summed E-state index contributed by atoms with van der Waals surface area (Å²) in [6, 6.07) is 19.1. The van der Waals surface area contributed by atoms with Gasteiger partial charge in [-0.15, -0.1) is 0 Å². The molecule has 3 aliphatic rings. The van der Waals surface area contributed by atoms with Crippen molar-refractivity contribution >= 4 is 17.5 Å². The third kappa shape index (κ3) is 3.85. The van der Waals surface area contributed by atoms with Gasteiger partial charge < -0.3 is 9.64 Å². The van der Waals surface area contributed by atoms with Crippen LogP contribution < -0.4 is 9.64 Å². The minimum absolute atomic E-state index is 0.0396. The van der Waals surface area contributed by atoms with Crippen molar-refractivity contribution in [3.05, 3.63) is 72.1 Å². The number of amides is 2. The van der Waals surface area contributed by atoms with E-state index in [0.717, 1.165) is 56.6 Å². The van der Waals surface area contributed by atoms with Crippen molar-refractivity contribution in [3.63, 3.8) is 0 Å². The van der Waals surface area contributed by atoms with E-state index < -0.39 is 6.10 Å². The summed E-state index contributed by atoms with van der Waals surface area (Å²) in [5, 5.41) is 4.80. The standard InChI is InChI=1S/C27H28N4O3/c32-26(23-17-21(19-13-14-19)28-31(23)20-9-3-1-4-10-20)30-18-25(27(33)29-15-7-2-8-16-29)34-24-12-6-5-11-22(24)30/h1,3-6,9-12,17,19,25H,2,7-8,13-16,18H2/t25-/m1/s1. The number of hydrogen-bond donors (Lipinski definition) is 0. The van der Waals surface area contributed by atoms with Gasteiger partial charge in [0.2, 0.25) is 0 Å². The van der Waals surface area contributed by atoms with Gasteiger partial charge in [-0.1, -0.05) is 30.3 Å². The number of ether oxygens (including phenoxy) is 1. The van der Waals surface area contributed by atoms with E-state index in [0.29, 0.717) is 23.0 Å². The third-order valence-electron chi connectivity index (χ3n) is 6.91. The number of likely N-dealkylation sites (tertiary alicyclic amines) is 1. The van der Waals surface area contributed by atoms with E-state index in [-0.39, 0.29) is 18.4 Å². The van der Waals surface area contributed by atoms with Crippen molar-refractivity contribution in [3.8, 4) is 11.4 Å².